The third-order valence-corrected chi connectivity index (χ3v) is 2.33. The van der Waals surface area contributed by atoms with Crippen molar-refractivity contribution in [3.63, 3.8) is 0 Å². The summed E-state index contributed by atoms with van der Waals surface area (Å²) in [7, 11) is 1.29. The minimum atomic E-state index is -2.98. The van der Waals surface area contributed by atoms with Gasteiger partial charge in [0.25, 0.3) is 0 Å². The van der Waals surface area contributed by atoms with Crippen LogP contribution >= 0.6 is 0 Å². The van der Waals surface area contributed by atoms with Crippen molar-refractivity contribution in [2.75, 3.05) is 13.7 Å². The fraction of sp³-hybridized carbons (Fsp3) is 0.286. The Balaban J connectivity index is 3.09. The van der Waals surface area contributed by atoms with Gasteiger partial charge in [0.15, 0.2) is 11.5 Å². The molecule has 0 aromatic heterocycles. The second kappa shape index (κ2) is 7.85. The minimum absolute atomic E-state index is 0.0604. The van der Waals surface area contributed by atoms with Gasteiger partial charge in [-0.15, -0.1) is 0 Å². The van der Waals surface area contributed by atoms with E-state index in [1.807, 2.05) is 0 Å². The van der Waals surface area contributed by atoms with Gasteiger partial charge < -0.3 is 14.2 Å². The second-order valence-corrected chi connectivity index (χ2v) is 3.68. The number of benzene rings is 1. The van der Waals surface area contributed by atoms with Crippen molar-refractivity contribution in [3.8, 4) is 17.6 Å². The molecule has 0 spiro atoms. The Kier molecular flexibility index (Phi) is 6.14. The lowest BCUT2D eigenvalue weighted by Crippen LogP contribution is -2.06. The Labute approximate surface area is 120 Å². The number of rotatable bonds is 6. The number of carbonyl (C=O) groups is 1. The van der Waals surface area contributed by atoms with Gasteiger partial charge in [-0.25, -0.2) is 4.79 Å². The van der Waals surface area contributed by atoms with Crippen LogP contribution in [-0.2, 0) is 9.53 Å². The highest BCUT2D eigenvalue weighted by atomic mass is 19.3. The lowest BCUT2D eigenvalue weighted by molar-refractivity contribution is -0.137. The van der Waals surface area contributed by atoms with Crippen LogP contribution in [0, 0.1) is 11.3 Å². The highest BCUT2D eigenvalue weighted by molar-refractivity contribution is 5.97. The number of esters is 1. The zero-order valence-electron chi connectivity index (χ0n) is 11.4. The first kappa shape index (κ1) is 16.4. The molecule has 0 bridgehead atoms. The summed E-state index contributed by atoms with van der Waals surface area (Å²) in [5.41, 5.74) is 0.208. The highest BCUT2D eigenvalue weighted by Gasteiger charge is 2.13. The van der Waals surface area contributed by atoms with E-state index in [0.717, 1.165) is 0 Å². The van der Waals surface area contributed by atoms with Crippen molar-refractivity contribution in [2.24, 2.45) is 0 Å². The summed E-state index contributed by atoms with van der Waals surface area (Å²) in [6.45, 7) is -1.22. The van der Waals surface area contributed by atoms with Gasteiger partial charge in [0.05, 0.1) is 13.7 Å². The number of alkyl halides is 2. The number of nitrogens with zero attached hydrogens (tertiary/aromatic N) is 1. The third kappa shape index (κ3) is 4.76. The van der Waals surface area contributed by atoms with Crippen LogP contribution in [-0.4, -0.2) is 26.3 Å². The normalized spacial score (nSPS) is 11.0. The van der Waals surface area contributed by atoms with Crippen LogP contribution < -0.4 is 9.47 Å². The lowest BCUT2D eigenvalue weighted by Gasteiger charge is -2.10. The number of hydrogen-bond donors (Lipinski definition) is 0. The smallest absolute Gasteiger partial charge is 0.387 e. The monoisotopic (exact) mass is 297 g/mol. The Hall–Kier alpha value is -2.62. The van der Waals surface area contributed by atoms with Crippen molar-refractivity contribution < 1.29 is 27.8 Å². The van der Waals surface area contributed by atoms with Crippen LogP contribution in [0.1, 0.15) is 12.5 Å². The summed E-state index contributed by atoms with van der Waals surface area (Å²) in [6.07, 6.45) is 1.27. The van der Waals surface area contributed by atoms with Gasteiger partial charge in [-0.3, -0.25) is 0 Å². The Morgan fingerprint density at radius 2 is 2.14 bits per heavy atom. The van der Waals surface area contributed by atoms with E-state index in [2.05, 4.69) is 4.74 Å². The van der Waals surface area contributed by atoms with Gasteiger partial charge in [0.1, 0.15) is 11.6 Å². The van der Waals surface area contributed by atoms with E-state index in [4.69, 9.17) is 14.7 Å². The average Bonchev–Trinajstić information content (AvgIpc) is 2.45. The largest absolute Gasteiger partial charge is 0.493 e. The summed E-state index contributed by atoms with van der Waals surface area (Å²) >= 11 is 0. The lowest BCUT2D eigenvalue weighted by atomic mass is 10.1. The number of nitriles is 1. The van der Waals surface area contributed by atoms with Gasteiger partial charge in [0, 0.05) is 0 Å². The number of hydrogen-bond acceptors (Lipinski definition) is 5. The van der Waals surface area contributed by atoms with E-state index >= 15 is 0 Å². The van der Waals surface area contributed by atoms with Gasteiger partial charge in [-0.1, -0.05) is 6.07 Å². The van der Waals surface area contributed by atoms with Crippen LogP contribution in [0.5, 0.6) is 11.5 Å². The van der Waals surface area contributed by atoms with Crippen LogP contribution in [0.4, 0.5) is 8.78 Å². The molecule has 1 aromatic carbocycles. The first-order valence-corrected chi connectivity index (χ1v) is 5.93. The molecule has 0 heterocycles. The maximum atomic E-state index is 12.2. The predicted molar refractivity (Wildman–Crippen MR) is 69.8 cm³/mol. The van der Waals surface area contributed by atoms with Crippen molar-refractivity contribution >= 4 is 12.0 Å². The van der Waals surface area contributed by atoms with Crippen molar-refractivity contribution in [1.29, 1.82) is 5.26 Å². The summed E-state index contributed by atoms with van der Waals surface area (Å²) in [6, 6.07) is 5.76. The van der Waals surface area contributed by atoms with E-state index in [1.165, 1.54) is 31.4 Å². The van der Waals surface area contributed by atoms with Crippen molar-refractivity contribution in [3.05, 3.63) is 29.3 Å². The van der Waals surface area contributed by atoms with Gasteiger partial charge in [-0.2, -0.15) is 14.0 Å². The molecule has 0 fully saturated rings. The quantitative estimate of drug-likeness (QED) is 0.459. The van der Waals surface area contributed by atoms with E-state index < -0.39 is 12.6 Å². The molecule has 112 valence electrons. The summed E-state index contributed by atoms with van der Waals surface area (Å²) < 4.78 is 38.3. The molecule has 1 aromatic rings. The van der Waals surface area contributed by atoms with Gasteiger partial charge >= 0.3 is 12.6 Å². The molecule has 0 amide bonds. The molecule has 0 atom stereocenters. The number of halogens is 2. The Morgan fingerprint density at radius 3 is 2.67 bits per heavy atom. The van der Waals surface area contributed by atoms with E-state index in [1.54, 1.807) is 13.0 Å². The molecule has 0 saturated carbocycles. The molecule has 1 rings (SSSR count). The van der Waals surface area contributed by atoms with Crippen molar-refractivity contribution in [2.45, 2.75) is 13.5 Å². The van der Waals surface area contributed by atoms with Gasteiger partial charge in [-0.05, 0) is 30.7 Å². The molecule has 0 saturated heterocycles. The number of methoxy groups -OCH3 is 1. The number of carbonyl (C=O) groups excluding carboxylic acids is 1. The fourth-order valence-electron chi connectivity index (χ4n) is 1.48. The molecule has 0 aliphatic rings. The standard InChI is InChI=1S/C14H13F2NO4/c1-3-20-13(18)10(8-17)6-9-4-5-11(21-14(15)16)12(7-9)19-2/h4-7,14H,3H2,1-2H3/b10-6+. The molecular weight excluding hydrogens is 284 g/mol. The second-order valence-electron chi connectivity index (χ2n) is 3.68. The summed E-state index contributed by atoms with van der Waals surface area (Å²) in [4.78, 5) is 11.5. The van der Waals surface area contributed by atoms with Crippen LogP contribution in [0.25, 0.3) is 6.08 Å². The molecule has 7 heteroatoms. The average molecular weight is 297 g/mol. The predicted octanol–water partition coefficient (Wildman–Crippen LogP) is 2.77. The maximum Gasteiger partial charge on any atom is 0.387 e. The summed E-state index contributed by atoms with van der Waals surface area (Å²) in [5, 5.41) is 8.91. The number of ether oxygens (including phenoxy) is 3. The first-order chi connectivity index (χ1) is 10.0. The molecule has 0 aliphatic heterocycles. The maximum absolute atomic E-state index is 12.2. The van der Waals surface area contributed by atoms with Crippen LogP contribution in [0.2, 0.25) is 0 Å². The van der Waals surface area contributed by atoms with Gasteiger partial charge in [0.2, 0.25) is 0 Å². The summed E-state index contributed by atoms with van der Waals surface area (Å²) in [5.74, 6) is -0.837. The Morgan fingerprint density at radius 1 is 1.43 bits per heavy atom. The molecule has 5 nitrogen and oxygen atoms in total. The molecular formula is C14H13F2NO4. The zero-order chi connectivity index (χ0) is 15.8. The van der Waals surface area contributed by atoms with Crippen LogP contribution in [0.15, 0.2) is 23.8 Å². The van der Waals surface area contributed by atoms with Crippen LogP contribution in [0.3, 0.4) is 0 Å². The Bertz CT molecular complexity index is 579. The molecule has 0 unspecified atom stereocenters. The SMILES string of the molecule is CCOC(=O)/C(C#N)=C/c1ccc(OC(F)F)c(OC)c1. The van der Waals surface area contributed by atoms with E-state index in [0.29, 0.717) is 5.56 Å². The first-order valence-electron chi connectivity index (χ1n) is 5.93. The van der Waals surface area contributed by atoms with E-state index in [-0.39, 0.29) is 23.7 Å². The fourth-order valence-corrected chi connectivity index (χ4v) is 1.48. The minimum Gasteiger partial charge on any atom is -0.493 e. The molecule has 0 radical (unpaired) electrons. The molecule has 0 aliphatic carbocycles. The zero-order valence-corrected chi connectivity index (χ0v) is 11.4. The topological polar surface area (TPSA) is 68.6 Å². The third-order valence-electron chi connectivity index (χ3n) is 2.33. The molecule has 21 heavy (non-hydrogen) atoms. The highest BCUT2D eigenvalue weighted by Crippen LogP contribution is 2.30. The molecule has 0 N–H and O–H groups in total. The van der Waals surface area contributed by atoms with Crippen molar-refractivity contribution in [1.82, 2.24) is 0 Å². The van der Waals surface area contributed by atoms with E-state index in [9.17, 15) is 13.6 Å².